The second-order valence-electron chi connectivity index (χ2n) is 6.38. The molecule has 0 radical (unpaired) electrons. The molecule has 0 saturated carbocycles. The molecule has 0 aliphatic carbocycles. The van der Waals surface area contributed by atoms with Crippen LogP contribution in [-0.4, -0.2) is 43.2 Å². The number of hydrogen-bond donors (Lipinski definition) is 3. The highest BCUT2D eigenvalue weighted by atomic mass is 19.1. The van der Waals surface area contributed by atoms with Gasteiger partial charge in [0.25, 0.3) is 5.91 Å². The number of quaternary nitrogens is 1. The van der Waals surface area contributed by atoms with Crippen LogP contribution in [0.25, 0.3) is 0 Å². The number of rotatable bonds is 4. The minimum absolute atomic E-state index is 0.0984. The summed E-state index contributed by atoms with van der Waals surface area (Å²) in [6, 6.07) is 12.9. The second-order valence-corrected chi connectivity index (χ2v) is 6.38. The number of phenolic OH excluding ortho intramolecular Hbond substituents is 1. The van der Waals surface area contributed by atoms with Crippen molar-refractivity contribution < 1.29 is 19.2 Å². The van der Waals surface area contributed by atoms with E-state index in [2.05, 4.69) is 10.2 Å². The first-order valence-corrected chi connectivity index (χ1v) is 8.48. The highest BCUT2D eigenvalue weighted by Gasteiger charge is 2.29. The molecule has 132 valence electrons. The van der Waals surface area contributed by atoms with Gasteiger partial charge in [-0.05, 0) is 49.4 Å². The molecule has 1 aliphatic rings. The number of carbonyl (C=O) groups is 1. The third-order valence-electron chi connectivity index (χ3n) is 4.72. The van der Waals surface area contributed by atoms with Crippen LogP contribution in [0.4, 0.5) is 15.8 Å². The number of benzene rings is 2. The third-order valence-corrected chi connectivity index (χ3v) is 4.72. The van der Waals surface area contributed by atoms with E-state index in [4.69, 9.17) is 0 Å². The molecule has 6 heteroatoms. The van der Waals surface area contributed by atoms with Crippen molar-refractivity contribution in [2.45, 2.75) is 13.0 Å². The Balaban J connectivity index is 1.54. The Hall–Kier alpha value is -2.60. The molecule has 0 aromatic heterocycles. The summed E-state index contributed by atoms with van der Waals surface area (Å²) in [5.41, 5.74) is 1.56. The molecule has 1 atom stereocenters. The summed E-state index contributed by atoms with van der Waals surface area (Å²) < 4.78 is 13.2. The predicted octanol–water partition coefficient (Wildman–Crippen LogP) is 1.26. The van der Waals surface area contributed by atoms with E-state index in [9.17, 15) is 14.3 Å². The SMILES string of the molecule is C[C@@H](C(=O)Nc1cccc(F)c1)[NH+]1CCN(c2ccc(O)cc2)CC1. The number of phenols is 1. The van der Waals surface area contributed by atoms with Gasteiger partial charge < -0.3 is 20.2 Å². The van der Waals surface area contributed by atoms with Gasteiger partial charge in [0, 0.05) is 11.4 Å². The fourth-order valence-corrected chi connectivity index (χ4v) is 3.15. The van der Waals surface area contributed by atoms with Crippen molar-refractivity contribution in [3.8, 4) is 5.75 Å². The molecule has 1 amide bonds. The van der Waals surface area contributed by atoms with E-state index in [-0.39, 0.29) is 23.5 Å². The fraction of sp³-hybridized carbons (Fsp3) is 0.316. The third kappa shape index (κ3) is 4.28. The van der Waals surface area contributed by atoms with Crippen LogP contribution in [0.1, 0.15) is 6.92 Å². The standard InChI is InChI=1S/C19H22FN3O2/c1-14(19(25)21-16-4-2-3-15(20)13-16)22-9-11-23(12-10-22)17-5-7-18(24)8-6-17/h2-8,13-14,24H,9-12H2,1H3,(H,21,25)/p+1/t14-/m0/s1. The average molecular weight is 344 g/mol. The van der Waals surface area contributed by atoms with Gasteiger partial charge >= 0.3 is 0 Å². The summed E-state index contributed by atoms with van der Waals surface area (Å²) in [6.45, 7) is 5.28. The molecule has 0 unspecified atom stereocenters. The molecule has 3 N–H and O–H groups in total. The Labute approximate surface area is 146 Å². The van der Waals surface area contributed by atoms with Crippen molar-refractivity contribution in [3.05, 3.63) is 54.3 Å². The van der Waals surface area contributed by atoms with Crippen LogP contribution < -0.4 is 15.1 Å². The van der Waals surface area contributed by atoms with Crippen molar-refractivity contribution in [1.29, 1.82) is 0 Å². The number of aromatic hydroxyl groups is 1. The Kier molecular flexibility index (Phi) is 5.19. The van der Waals surface area contributed by atoms with E-state index in [1.165, 1.54) is 17.0 Å². The first kappa shape index (κ1) is 17.2. The van der Waals surface area contributed by atoms with Gasteiger partial charge in [-0.15, -0.1) is 0 Å². The zero-order valence-electron chi connectivity index (χ0n) is 14.2. The molecule has 5 nitrogen and oxygen atoms in total. The molecular formula is C19H23FN3O2+. The van der Waals surface area contributed by atoms with Gasteiger partial charge in [-0.3, -0.25) is 4.79 Å². The van der Waals surface area contributed by atoms with E-state index in [0.29, 0.717) is 5.69 Å². The number of piperazine rings is 1. The molecule has 1 fully saturated rings. The van der Waals surface area contributed by atoms with E-state index in [0.717, 1.165) is 31.9 Å². The number of nitrogens with one attached hydrogen (secondary N) is 2. The number of halogens is 1. The maximum Gasteiger partial charge on any atom is 0.282 e. The van der Waals surface area contributed by atoms with Crippen molar-refractivity contribution in [2.24, 2.45) is 0 Å². The number of anilines is 2. The lowest BCUT2D eigenvalue weighted by molar-refractivity contribution is -0.914. The maximum absolute atomic E-state index is 13.2. The molecule has 1 aliphatic heterocycles. The minimum Gasteiger partial charge on any atom is -0.508 e. The maximum atomic E-state index is 13.2. The van der Waals surface area contributed by atoms with Gasteiger partial charge in [-0.25, -0.2) is 4.39 Å². The number of carbonyl (C=O) groups excluding carboxylic acids is 1. The van der Waals surface area contributed by atoms with Gasteiger partial charge in [-0.1, -0.05) is 6.07 Å². The normalized spacial score (nSPS) is 16.5. The van der Waals surface area contributed by atoms with Crippen LogP contribution in [0.2, 0.25) is 0 Å². The summed E-state index contributed by atoms with van der Waals surface area (Å²) in [5, 5.41) is 12.2. The number of amides is 1. The largest absolute Gasteiger partial charge is 0.508 e. The Bertz CT molecular complexity index is 728. The van der Waals surface area contributed by atoms with Crippen LogP contribution in [0.3, 0.4) is 0 Å². The molecular weight excluding hydrogens is 321 g/mol. The lowest BCUT2D eigenvalue weighted by atomic mass is 10.2. The van der Waals surface area contributed by atoms with Gasteiger partial charge in [0.2, 0.25) is 0 Å². The van der Waals surface area contributed by atoms with E-state index in [1.807, 2.05) is 19.1 Å². The summed E-state index contributed by atoms with van der Waals surface area (Å²) in [4.78, 5) is 15.9. The lowest BCUT2D eigenvalue weighted by Crippen LogP contribution is -3.19. The monoisotopic (exact) mass is 344 g/mol. The smallest absolute Gasteiger partial charge is 0.282 e. The Morgan fingerprint density at radius 3 is 2.52 bits per heavy atom. The molecule has 2 aromatic carbocycles. The van der Waals surface area contributed by atoms with Crippen LogP contribution in [0, 0.1) is 5.82 Å². The molecule has 0 bridgehead atoms. The van der Waals surface area contributed by atoms with Gasteiger partial charge in [0.15, 0.2) is 6.04 Å². The van der Waals surface area contributed by atoms with Crippen LogP contribution in [0.5, 0.6) is 5.75 Å². The highest BCUT2D eigenvalue weighted by molar-refractivity contribution is 5.93. The van der Waals surface area contributed by atoms with Gasteiger partial charge in [0.1, 0.15) is 11.6 Å². The highest BCUT2D eigenvalue weighted by Crippen LogP contribution is 2.18. The average Bonchev–Trinajstić information content (AvgIpc) is 2.62. The zero-order valence-corrected chi connectivity index (χ0v) is 14.2. The van der Waals surface area contributed by atoms with Crippen LogP contribution in [0.15, 0.2) is 48.5 Å². The first-order valence-electron chi connectivity index (χ1n) is 8.48. The molecule has 25 heavy (non-hydrogen) atoms. The van der Waals surface area contributed by atoms with Gasteiger partial charge in [-0.2, -0.15) is 0 Å². The van der Waals surface area contributed by atoms with E-state index >= 15 is 0 Å². The number of nitrogens with zero attached hydrogens (tertiary/aromatic N) is 1. The zero-order chi connectivity index (χ0) is 17.8. The molecule has 0 spiro atoms. The van der Waals surface area contributed by atoms with Crippen molar-refractivity contribution in [1.82, 2.24) is 0 Å². The van der Waals surface area contributed by atoms with Crippen molar-refractivity contribution in [2.75, 3.05) is 36.4 Å². The number of hydrogen-bond acceptors (Lipinski definition) is 3. The summed E-state index contributed by atoms with van der Waals surface area (Å²) in [5.74, 6) is -0.199. The summed E-state index contributed by atoms with van der Waals surface area (Å²) in [7, 11) is 0. The molecule has 1 saturated heterocycles. The Morgan fingerprint density at radius 1 is 1.20 bits per heavy atom. The minimum atomic E-state index is -0.361. The van der Waals surface area contributed by atoms with Crippen molar-refractivity contribution >= 4 is 17.3 Å². The van der Waals surface area contributed by atoms with Crippen molar-refractivity contribution in [3.63, 3.8) is 0 Å². The van der Waals surface area contributed by atoms with E-state index in [1.54, 1.807) is 24.3 Å². The second kappa shape index (κ2) is 7.53. The predicted molar refractivity (Wildman–Crippen MR) is 95.5 cm³/mol. The quantitative estimate of drug-likeness (QED) is 0.783. The van der Waals surface area contributed by atoms with Crippen LogP contribution >= 0.6 is 0 Å². The lowest BCUT2D eigenvalue weighted by Gasteiger charge is -2.36. The topological polar surface area (TPSA) is 57.0 Å². The van der Waals surface area contributed by atoms with E-state index < -0.39 is 0 Å². The molecule has 3 rings (SSSR count). The fourth-order valence-electron chi connectivity index (χ4n) is 3.15. The molecule has 2 aromatic rings. The summed E-state index contributed by atoms with van der Waals surface area (Å²) >= 11 is 0. The first-order chi connectivity index (χ1) is 12.0. The summed E-state index contributed by atoms with van der Waals surface area (Å²) in [6.07, 6.45) is 0. The van der Waals surface area contributed by atoms with Gasteiger partial charge in [0.05, 0.1) is 26.2 Å². The van der Waals surface area contributed by atoms with Crippen LogP contribution in [-0.2, 0) is 4.79 Å². The molecule has 1 heterocycles. The Morgan fingerprint density at radius 2 is 1.88 bits per heavy atom.